The Morgan fingerprint density at radius 2 is 1.94 bits per heavy atom. The van der Waals surface area contributed by atoms with Gasteiger partial charge in [0.15, 0.2) is 0 Å². The van der Waals surface area contributed by atoms with Crippen LogP contribution < -0.4 is 10.2 Å². The molecule has 0 aliphatic heterocycles. The summed E-state index contributed by atoms with van der Waals surface area (Å²) in [6.45, 7) is 2.36. The van der Waals surface area contributed by atoms with Gasteiger partial charge in [-0.15, -0.1) is 0 Å². The zero-order valence-electron chi connectivity index (χ0n) is 11.1. The highest BCUT2D eigenvalue weighted by Crippen LogP contribution is 2.28. The van der Waals surface area contributed by atoms with Gasteiger partial charge in [0.25, 0.3) is 0 Å². The molecule has 1 aliphatic rings. The largest absolute Gasteiger partial charge is 0.373 e. The van der Waals surface area contributed by atoms with Gasteiger partial charge >= 0.3 is 0 Å². The molecule has 1 saturated carbocycles. The Hall–Kier alpha value is -1.25. The van der Waals surface area contributed by atoms with E-state index in [0.717, 1.165) is 17.6 Å². The average molecular weight is 233 g/mol. The molecule has 17 heavy (non-hydrogen) atoms. The van der Waals surface area contributed by atoms with E-state index >= 15 is 0 Å². The molecule has 0 aromatic carbocycles. The summed E-state index contributed by atoms with van der Waals surface area (Å²) in [5, 5.41) is 3.09. The Bertz CT molecular complexity index is 356. The summed E-state index contributed by atoms with van der Waals surface area (Å²) < 4.78 is 0. The standard InChI is InChI=1S/C14H23N3/c1-11-7-9-12(10-8-11)17(3)14-6-4-5-13(15-2)16-14/h4-6,11-12H,7-10H2,1-3H3,(H,15,16). The van der Waals surface area contributed by atoms with Crippen molar-refractivity contribution < 1.29 is 0 Å². The first kappa shape index (κ1) is 12.2. The molecule has 1 aromatic heterocycles. The highest BCUT2D eigenvalue weighted by Gasteiger charge is 2.22. The maximum absolute atomic E-state index is 4.60. The Balaban J connectivity index is 2.05. The number of nitrogens with zero attached hydrogens (tertiary/aromatic N) is 2. The molecule has 3 nitrogen and oxygen atoms in total. The molecule has 1 heterocycles. The smallest absolute Gasteiger partial charge is 0.130 e. The van der Waals surface area contributed by atoms with Crippen molar-refractivity contribution in [3.8, 4) is 0 Å². The third-order valence-electron chi connectivity index (χ3n) is 3.89. The first-order valence-electron chi connectivity index (χ1n) is 6.58. The van der Waals surface area contributed by atoms with E-state index < -0.39 is 0 Å². The SMILES string of the molecule is CNc1cccc(N(C)C2CCC(C)CC2)n1. The summed E-state index contributed by atoms with van der Waals surface area (Å²) in [4.78, 5) is 6.94. The lowest BCUT2D eigenvalue weighted by Gasteiger charge is -2.34. The van der Waals surface area contributed by atoms with Crippen LogP contribution in [0.4, 0.5) is 11.6 Å². The lowest BCUT2D eigenvalue weighted by molar-refractivity contribution is 0.340. The highest BCUT2D eigenvalue weighted by atomic mass is 15.2. The number of rotatable bonds is 3. The number of hydrogen-bond acceptors (Lipinski definition) is 3. The summed E-state index contributed by atoms with van der Waals surface area (Å²) >= 11 is 0. The van der Waals surface area contributed by atoms with Gasteiger partial charge < -0.3 is 10.2 Å². The molecule has 1 N–H and O–H groups in total. The van der Waals surface area contributed by atoms with Crippen LogP contribution >= 0.6 is 0 Å². The van der Waals surface area contributed by atoms with Crippen molar-refractivity contribution in [3.63, 3.8) is 0 Å². The lowest BCUT2D eigenvalue weighted by atomic mass is 9.87. The van der Waals surface area contributed by atoms with Gasteiger partial charge in [0, 0.05) is 20.1 Å². The summed E-state index contributed by atoms with van der Waals surface area (Å²) in [6.07, 6.45) is 5.29. The monoisotopic (exact) mass is 233 g/mol. The van der Waals surface area contributed by atoms with Crippen LogP contribution in [0, 0.1) is 5.92 Å². The fraction of sp³-hybridized carbons (Fsp3) is 0.643. The second-order valence-electron chi connectivity index (χ2n) is 5.16. The summed E-state index contributed by atoms with van der Waals surface area (Å²) in [6, 6.07) is 6.82. The van der Waals surface area contributed by atoms with Gasteiger partial charge in [-0.1, -0.05) is 13.0 Å². The van der Waals surface area contributed by atoms with Gasteiger partial charge in [0.1, 0.15) is 11.6 Å². The van der Waals surface area contributed by atoms with Crippen molar-refractivity contribution in [2.45, 2.75) is 38.6 Å². The molecule has 3 heteroatoms. The van der Waals surface area contributed by atoms with Crippen molar-refractivity contribution in [1.82, 2.24) is 4.98 Å². The van der Waals surface area contributed by atoms with Crippen molar-refractivity contribution in [2.24, 2.45) is 5.92 Å². The number of aromatic nitrogens is 1. The van der Waals surface area contributed by atoms with Gasteiger partial charge in [-0.3, -0.25) is 0 Å². The third-order valence-corrected chi connectivity index (χ3v) is 3.89. The summed E-state index contributed by atoms with van der Waals surface area (Å²) in [5.74, 6) is 2.92. The quantitative estimate of drug-likeness (QED) is 0.869. The minimum absolute atomic E-state index is 0.658. The molecule has 0 atom stereocenters. The van der Waals surface area contributed by atoms with E-state index in [2.05, 4.69) is 41.3 Å². The van der Waals surface area contributed by atoms with Crippen molar-refractivity contribution in [1.29, 1.82) is 0 Å². The van der Waals surface area contributed by atoms with Gasteiger partial charge in [-0.2, -0.15) is 0 Å². The lowest BCUT2D eigenvalue weighted by Crippen LogP contribution is -2.35. The van der Waals surface area contributed by atoms with E-state index in [-0.39, 0.29) is 0 Å². The van der Waals surface area contributed by atoms with Gasteiger partial charge in [-0.25, -0.2) is 4.98 Å². The Labute approximate surface area is 104 Å². The van der Waals surface area contributed by atoms with Crippen LogP contribution in [0.1, 0.15) is 32.6 Å². The van der Waals surface area contributed by atoms with E-state index in [1.54, 1.807) is 0 Å². The summed E-state index contributed by atoms with van der Waals surface area (Å²) in [7, 11) is 4.08. The van der Waals surface area contributed by atoms with E-state index in [4.69, 9.17) is 0 Å². The Morgan fingerprint density at radius 3 is 2.59 bits per heavy atom. The molecule has 0 spiro atoms. The molecule has 2 rings (SSSR count). The number of nitrogens with one attached hydrogen (secondary N) is 1. The molecule has 1 fully saturated rings. The normalized spacial score (nSPS) is 24.4. The molecule has 1 aliphatic carbocycles. The number of anilines is 2. The molecular formula is C14H23N3. The Morgan fingerprint density at radius 1 is 1.24 bits per heavy atom. The first-order chi connectivity index (χ1) is 8.20. The molecule has 94 valence electrons. The van der Waals surface area contributed by atoms with Gasteiger partial charge in [-0.05, 0) is 43.7 Å². The minimum Gasteiger partial charge on any atom is -0.373 e. The minimum atomic E-state index is 0.658. The fourth-order valence-electron chi connectivity index (χ4n) is 2.58. The zero-order chi connectivity index (χ0) is 12.3. The van der Waals surface area contributed by atoms with E-state index in [1.807, 2.05) is 13.1 Å². The predicted octanol–water partition coefficient (Wildman–Crippen LogP) is 3.14. The zero-order valence-corrected chi connectivity index (χ0v) is 11.1. The van der Waals surface area contributed by atoms with Crippen LogP contribution in [0.2, 0.25) is 0 Å². The van der Waals surface area contributed by atoms with Crippen LogP contribution in [0.15, 0.2) is 18.2 Å². The fourth-order valence-corrected chi connectivity index (χ4v) is 2.58. The molecule has 0 radical (unpaired) electrons. The van der Waals surface area contributed by atoms with Crippen LogP contribution in [-0.4, -0.2) is 25.1 Å². The molecule has 0 amide bonds. The van der Waals surface area contributed by atoms with Crippen LogP contribution in [-0.2, 0) is 0 Å². The van der Waals surface area contributed by atoms with Gasteiger partial charge in [0.05, 0.1) is 0 Å². The number of hydrogen-bond donors (Lipinski definition) is 1. The highest BCUT2D eigenvalue weighted by molar-refractivity contribution is 5.46. The first-order valence-corrected chi connectivity index (χ1v) is 6.58. The van der Waals surface area contributed by atoms with E-state index in [0.29, 0.717) is 6.04 Å². The van der Waals surface area contributed by atoms with Crippen LogP contribution in [0.5, 0.6) is 0 Å². The van der Waals surface area contributed by atoms with Crippen LogP contribution in [0.3, 0.4) is 0 Å². The maximum Gasteiger partial charge on any atom is 0.130 e. The Kier molecular flexibility index (Phi) is 3.87. The van der Waals surface area contributed by atoms with Crippen molar-refractivity contribution >= 4 is 11.6 Å². The molecule has 0 bridgehead atoms. The molecule has 0 saturated heterocycles. The van der Waals surface area contributed by atoms with E-state index in [9.17, 15) is 0 Å². The van der Waals surface area contributed by atoms with Crippen molar-refractivity contribution in [3.05, 3.63) is 18.2 Å². The molecule has 0 unspecified atom stereocenters. The second kappa shape index (κ2) is 5.39. The predicted molar refractivity (Wildman–Crippen MR) is 73.6 cm³/mol. The van der Waals surface area contributed by atoms with E-state index in [1.165, 1.54) is 25.7 Å². The van der Waals surface area contributed by atoms with Crippen LogP contribution in [0.25, 0.3) is 0 Å². The topological polar surface area (TPSA) is 28.2 Å². The summed E-state index contributed by atoms with van der Waals surface area (Å²) in [5.41, 5.74) is 0. The van der Waals surface area contributed by atoms with Crippen molar-refractivity contribution in [2.75, 3.05) is 24.3 Å². The molecule has 1 aromatic rings. The average Bonchev–Trinajstić information content (AvgIpc) is 2.39. The number of pyridine rings is 1. The molecular weight excluding hydrogens is 210 g/mol. The second-order valence-corrected chi connectivity index (χ2v) is 5.16. The third kappa shape index (κ3) is 2.90. The maximum atomic E-state index is 4.60. The van der Waals surface area contributed by atoms with Gasteiger partial charge in [0.2, 0.25) is 0 Å².